The lowest BCUT2D eigenvalue weighted by Gasteiger charge is -2.08. The molecule has 3 aromatic rings. The largest absolute Gasteiger partial charge is 0.493 e. The maximum absolute atomic E-state index is 12.2. The first-order chi connectivity index (χ1) is 14.2. The zero-order valence-electron chi connectivity index (χ0n) is 17.2. The second-order valence-corrected chi connectivity index (χ2v) is 6.93. The van der Waals surface area contributed by atoms with Crippen molar-refractivity contribution in [2.75, 3.05) is 13.2 Å². The molecular weight excluding hydrogens is 362 g/mol. The first-order valence-corrected chi connectivity index (χ1v) is 10.3. The van der Waals surface area contributed by atoms with Crippen molar-refractivity contribution in [3.05, 3.63) is 66.0 Å². The Kier molecular flexibility index (Phi) is 7.45. The molecule has 0 saturated carbocycles. The molecule has 0 spiro atoms. The molecular formula is C24H29N3O2. The van der Waals surface area contributed by atoms with Gasteiger partial charge in [0.25, 0.3) is 0 Å². The van der Waals surface area contributed by atoms with Crippen LogP contribution in [0.3, 0.4) is 0 Å². The fourth-order valence-electron chi connectivity index (χ4n) is 3.27. The molecule has 0 aliphatic heterocycles. The standard InChI is InChI=1S/C24H29N3O2/c1-3-17-27-21-11-7-6-10-20(21)26-23(27)15-16-25-24(28)14-13-19-9-5-8-12-22(19)29-18-4-2/h5-14H,3-4,15-18H2,1-2H3,(H,25,28)/b14-13+. The van der Waals surface area contributed by atoms with E-state index in [0.717, 1.165) is 47.6 Å². The third-order valence-electron chi connectivity index (χ3n) is 4.62. The summed E-state index contributed by atoms with van der Waals surface area (Å²) >= 11 is 0. The summed E-state index contributed by atoms with van der Waals surface area (Å²) in [5, 5.41) is 2.96. The third kappa shape index (κ3) is 5.47. The predicted octanol–water partition coefficient (Wildman–Crippen LogP) is 4.61. The van der Waals surface area contributed by atoms with Crippen LogP contribution in [0.1, 0.15) is 38.1 Å². The number of rotatable bonds is 10. The van der Waals surface area contributed by atoms with Crippen molar-refractivity contribution in [1.82, 2.24) is 14.9 Å². The molecule has 2 aromatic carbocycles. The Morgan fingerprint density at radius 2 is 1.90 bits per heavy atom. The Morgan fingerprint density at radius 3 is 2.72 bits per heavy atom. The molecule has 5 nitrogen and oxygen atoms in total. The summed E-state index contributed by atoms with van der Waals surface area (Å²) in [5.74, 6) is 1.69. The number of nitrogens with zero attached hydrogens (tertiary/aromatic N) is 2. The Labute approximate surface area is 172 Å². The molecule has 0 unspecified atom stereocenters. The zero-order valence-corrected chi connectivity index (χ0v) is 17.2. The Bertz CT molecular complexity index is 975. The van der Waals surface area contributed by atoms with E-state index in [9.17, 15) is 4.79 Å². The lowest BCUT2D eigenvalue weighted by atomic mass is 10.2. The molecule has 0 saturated heterocycles. The Balaban J connectivity index is 1.59. The quantitative estimate of drug-likeness (QED) is 0.514. The van der Waals surface area contributed by atoms with E-state index in [1.54, 1.807) is 12.2 Å². The van der Waals surface area contributed by atoms with E-state index < -0.39 is 0 Å². The first-order valence-electron chi connectivity index (χ1n) is 10.3. The second-order valence-electron chi connectivity index (χ2n) is 6.93. The number of para-hydroxylation sites is 3. The zero-order chi connectivity index (χ0) is 20.5. The van der Waals surface area contributed by atoms with Crippen LogP contribution < -0.4 is 10.1 Å². The van der Waals surface area contributed by atoms with Crippen molar-refractivity contribution >= 4 is 23.0 Å². The highest BCUT2D eigenvalue weighted by Gasteiger charge is 2.09. The van der Waals surface area contributed by atoms with Gasteiger partial charge in [0.05, 0.1) is 17.6 Å². The molecule has 1 heterocycles. The van der Waals surface area contributed by atoms with Gasteiger partial charge in [0.15, 0.2) is 0 Å². The lowest BCUT2D eigenvalue weighted by Crippen LogP contribution is -2.24. The highest BCUT2D eigenvalue weighted by molar-refractivity contribution is 5.92. The van der Waals surface area contributed by atoms with Crippen molar-refractivity contribution < 1.29 is 9.53 Å². The van der Waals surface area contributed by atoms with E-state index >= 15 is 0 Å². The Hall–Kier alpha value is -3.08. The summed E-state index contributed by atoms with van der Waals surface area (Å²) < 4.78 is 7.98. The summed E-state index contributed by atoms with van der Waals surface area (Å²) in [6.07, 6.45) is 6.05. The van der Waals surface area contributed by atoms with Crippen LogP contribution in [0.2, 0.25) is 0 Å². The van der Waals surface area contributed by atoms with Crippen LogP contribution >= 0.6 is 0 Å². The summed E-state index contributed by atoms with van der Waals surface area (Å²) in [4.78, 5) is 17.0. The van der Waals surface area contributed by atoms with Crippen LogP contribution in [0.25, 0.3) is 17.1 Å². The van der Waals surface area contributed by atoms with Crippen LogP contribution in [0.4, 0.5) is 0 Å². The van der Waals surface area contributed by atoms with Gasteiger partial charge in [-0.2, -0.15) is 0 Å². The van der Waals surface area contributed by atoms with Gasteiger partial charge < -0.3 is 14.6 Å². The first kappa shape index (κ1) is 20.6. The van der Waals surface area contributed by atoms with E-state index in [2.05, 4.69) is 29.8 Å². The number of benzene rings is 2. The number of fused-ring (bicyclic) bond motifs is 1. The van der Waals surface area contributed by atoms with E-state index in [-0.39, 0.29) is 5.91 Å². The number of imidazole rings is 1. The summed E-state index contributed by atoms with van der Waals surface area (Å²) in [7, 11) is 0. The maximum atomic E-state index is 12.2. The van der Waals surface area contributed by atoms with Gasteiger partial charge in [0.1, 0.15) is 11.6 Å². The highest BCUT2D eigenvalue weighted by Crippen LogP contribution is 2.20. The minimum absolute atomic E-state index is 0.117. The van der Waals surface area contributed by atoms with Crippen LogP contribution in [-0.2, 0) is 17.8 Å². The molecule has 152 valence electrons. The molecule has 3 rings (SSSR count). The van der Waals surface area contributed by atoms with Gasteiger partial charge in [-0.25, -0.2) is 4.98 Å². The number of carbonyl (C=O) groups excluding carboxylic acids is 1. The molecule has 0 bridgehead atoms. The number of aromatic nitrogens is 2. The molecule has 1 amide bonds. The average molecular weight is 392 g/mol. The summed E-state index contributed by atoms with van der Waals surface area (Å²) in [6.45, 7) is 6.37. The molecule has 1 aromatic heterocycles. The fraction of sp³-hybridized carbons (Fsp3) is 0.333. The molecule has 0 aliphatic carbocycles. The van der Waals surface area contributed by atoms with E-state index in [1.165, 1.54) is 0 Å². The van der Waals surface area contributed by atoms with Gasteiger partial charge in [-0.1, -0.05) is 44.2 Å². The average Bonchev–Trinajstić information content (AvgIpc) is 3.09. The molecule has 5 heteroatoms. The van der Waals surface area contributed by atoms with Crippen LogP contribution in [0, 0.1) is 0 Å². The van der Waals surface area contributed by atoms with Crippen molar-refractivity contribution in [2.45, 2.75) is 39.7 Å². The number of hydrogen-bond acceptors (Lipinski definition) is 3. The molecule has 0 atom stereocenters. The number of carbonyl (C=O) groups is 1. The van der Waals surface area contributed by atoms with Crippen LogP contribution in [0.5, 0.6) is 5.75 Å². The number of aryl methyl sites for hydroxylation is 1. The normalized spacial score (nSPS) is 11.2. The monoisotopic (exact) mass is 391 g/mol. The van der Waals surface area contributed by atoms with Crippen molar-refractivity contribution in [1.29, 1.82) is 0 Å². The number of nitrogens with one attached hydrogen (secondary N) is 1. The lowest BCUT2D eigenvalue weighted by molar-refractivity contribution is -0.116. The van der Waals surface area contributed by atoms with Crippen molar-refractivity contribution in [2.24, 2.45) is 0 Å². The minimum Gasteiger partial charge on any atom is -0.493 e. The van der Waals surface area contributed by atoms with Gasteiger partial charge in [-0.05, 0) is 37.1 Å². The third-order valence-corrected chi connectivity index (χ3v) is 4.62. The fourth-order valence-corrected chi connectivity index (χ4v) is 3.27. The molecule has 1 N–H and O–H groups in total. The van der Waals surface area contributed by atoms with Gasteiger partial charge in [-0.3, -0.25) is 4.79 Å². The van der Waals surface area contributed by atoms with Gasteiger partial charge in [0.2, 0.25) is 5.91 Å². The number of ether oxygens (including phenoxy) is 1. The smallest absolute Gasteiger partial charge is 0.244 e. The van der Waals surface area contributed by atoms with Crippen LogP contribution in [0.15, 0.2) is 54.6 Å². The second kappa shape index (κ2) is 10.5. The SMILES string of the molecule is CCCOc1ccccc1/C=C/C(=O)NCCc1nc2ccccc2n1CCC. The number of hydrogen-bond donors (Lipinski definition) is 1. The molecule has 0 aliphatic rings. The topological polar surface area (TPSA) is 56.1 Å². The van der Waals surface area contributed by atoms with E-state index in [1.807, 2.05) is 42.5 Å². The molecule has 29 heavy (non-hydrogen) atoms. The number of amides is 1. The van der Waals surface area contributed by atoms with Crippen molar-refractivity contribution in [3.8, 4) is 5.75 Å². The van der Waals surface area contributed by atoms with Gasteiger partial charge >= 0.3 is 0 Å². The highest BCUT2D eigenvalue weighted by atomic mass is 16.5. The minimum atomic E-state index is -0.117. The van der Waals surface area contributed by atoms with Gasteiger partial charge in [0, 0.05) is 31.1 Å². The van der Waals surface area contributed by atoms with Crippen molar-refractivity contribution in [3.63, 3.8) is 0 Å². The predicted molar refractivity (Wildman–Crippen MR) is 118 cm³/mol. The van der Waals surface area contributed by atoms with Crippen LogP contribution in [-0.4, -0.2) is 28.6 Å². The van der Waals surface area contributed by atoms with E-state index in [4.69, 9.17) is 9.72 Å². The molecule has 0 fully saturated rings. The summed E-state index contributed by atoms with van der Waals surface area (Å²) in [6, 6.07) is 15.9. The maximum Gasteiger partial charge on any atom is 0.244 e. The van der Waals surface area contributed by atoms with Gasteiger partial charge in [-0.15, -0.1) is 0 Å². The van der Waals surface area contributed by atoms with E-state index in [0.29, 0.717) is 19.6 Å². The Morgan fingerprint density at radius 1 is 1.10 bits per heavy atom. The molecule has 0 radical (unpaired) electrons. The summed E-state index contributed by atoms with van der Waals surface area (Å²) in [5.41, 5.74) is 3.06.